The number of benzene rings is 1. The summed E-state index contributed by atoms with van der Waals surface area (Å²) >= 11 is 0. The lowest BCUT2D eigenvalue weighted by Gasteiger charge is -2.07. The van der Waals surface area contributed by atoms with Crippen molar-refractivity contribution in [1.82, 2.24) is 9.55 Å². The van der Waals surface area contributed by atoms with Gasteiger partial charge < -0.3 is 15.0 Å². The van der Waals surface area contributed by atoms with Crippen LogP contribution in [0, 0.1) is 6.92 Å². The molecular weight excluding hydrogens is 250 g/mol. The van der Waals surface area contributed by atoms with Gasteiger partial charge in [-0.1, -0.05) is 31.5 Å². The molecule has 0 aliphatic carbocycles. The van der Waals surface area contributed by atoms with Crippen molar-refractivity contribution in [3.63, 3.8) is 0 Å². The topological polar surface area (TPSA) is 53.1 Å². The van der Waals surface area contributed by atoms with E-state index in [-0.39, 0.29) is 0 Å². The zero-order valence-electron chi connectivity index (χ0n) is 12.5. The summed E-state index contributed by atoms with van der Waals surface area (Å²) in [7, 11) is 1.70. The van der Waals surface area contributed by atoms with Gasteiger partial charge in [0.1, 0.15) is 17.3 Å². The van der Waals surface area contributed by atoms with Crippen LogP contribution >= 0.6 is 0 Å². The van der Waals surface area contributed by atoms with E-state index in [0.29, 0.717) is 6.61 Å². The molecule has 20 heavy (non-hydrogen) atoms. The number of nitrogen functional groups attached to an aromatic ring is 1. The minimum Gasteiger partial charge on any atom is -0.383 e. The highest BCUT2D eigenvalue weighted by Gasteiger charge is 2.13. The molecule has 0 aliphatic heterocycles. The minimum atomic E-state index is 0.600. The van der Waals surface area contributed by atoms with Crippen molar-refractivity contribution in [3.05, 3.63) is 35.7 Å². The third-order valence-electron chi connectivity index (χ3n) is 3.44. The Kier molecular flexibility index (Phi) is 4.79. The fourth-order valence-corrected chi connectivity index (χ4v) is 2.37. The predicted octanol–water partition coefficient (Wildman–Crippen LogP) is 3.39. The first-order valence-corrected chi connectivity index (χ1v) is 7.08. The quantitative estimate of drug-likeness (QED) is 0.877. The van der Waals surface area contributed by atoms with Crippen molar-refractivity contribution < 1.29 is 4.74 Å². The zero-order chi connectivity index (χ0) is 14.5. The lowest BCUT2D eigenvalue weighted by atomic mass is 10.1. The van der Waals surface area contributed by atoms with Gasteiger partial charge in [0.2, 0.25) is 0 Å². The summed E-state index contributed by atoms with van der Waals surface area (Å²) < 4.78 is 7.27. The smallest absolute Gasteiger partial charge is 0.131 e. The van der Waals surface area contributed by atoms with Crippen LogP contribution < -0.4 is 5.73 Å². The van der Waals surface area contributed by atoms with Crippen molar-refractivity contribution in [2.45, 2.75) is 39.8 Å². The van der Waals surface area contributed by atoms with Crippen molar-refractivity contribution in [3.8, 4) is 11.3 Å². The molecule has 0 atom stereocenters. The first-order valence-electron chi connectivity index (χ1n) is 7.08. The van der Waals surface area contributed by atoms with E-state index in [0.717, 1.165) is 47.8 Å². The van der Waals surface area contributed by atoms with E-state index in [4.69, 9.17) is 10.5 Å². The summed E-state index contributed by atoms with van der Waals surface area (Å²) in [4.78, 5) is 4.63. The number of nitrogens with zero attached hydrogens (tertiary/aromatic N) is 2. The number of ether oxygens (including phenoxy) is 1. The minimum absolute atomic E-state index is 0.600. The first kappa shape index (κ1) is 14.6. The molecule has 0 aliphatic rings. The van der Waals surface area contributed by atoms with Crippen molar-refractivity contribution in [2.24, 2.45) is 0 Å². The Morgan fingerprint density at radius 2 is 2.15 bits per heavy atom. The molecule has 0 amide bonds. The molecule has 0 spiro atoms. The molecule has 0 saturated heterocycles. The van der Waals surface area contributed by atoms with Crippen LogP contribution in [-0.4, -0.2) is 16.7 Å². The molecule has 4 heteroatoms. The molecule has 1 aromatic carbocycles. The van der Waals surface area contributed by atoms with Gasteiger partial charge in [0.05, 0.1) is 6.61 Å². The fraction of sp³-hybridized carbons (Fsp3) is 0.438. The molecule has 0 saturated carbocycles. The lowest BCUT2D eigenvalue weighted by molar-refractivity contribution is 0.185. The molecule has 1 aromatic heterocycles. The van der Waals surface area contributed by atoms with Gasteiger partial charge in [-0.05, 0) is 25.0 Å². The van der Waals surface area contributed by atoms with Gasteiger partial charge in [0, 0.05) is 19.2 Å². The Morgan fingerprint density at radius 3 is 2.85 bits per heavy atom. The molecule has 0 unspecified atom stereocenters. The first-order chi connectivity index (χ1) is 9.67. The molecule has 1 heterocycles. The van der Waals surface area contributed by atoms with Crippen LogP contribution in [0.4, 0.5) is 5.82 Å². The van der Waals surface area contributed by atoms with E-state index in [1.54, 1.807) is 7.11 Å². The van der Waals surface area contributed by atoms with Crippen LogP contribution in [0.5, 0.6) is 0 Å². The highest BCUT2D eigenvalue weighted by Crippen LogP contribution is 2.27. The van der Waals surface area contributed by atoms with Gasteiger partial charge in [0.15, 0.2) is 0 Å². The monoisotopic (exact) mass is 273 g/mol. The highest BCUT2D eigenvalue weighted by atomic mass is 16.5. The van der Waals surface area contributed by atoms with Crippen LogP contribution in [0.25, 0.3) is 11.3 Å². The number of methoxy groups -OCH3 is 1. The second-order valence-electron chi connectivity index (χ2n) is 5.03. The summed E-state index contributed by atoms with van der Waals surface area (Å²) in [5.41, 5.74) is 9.32. The Balaban J connectivity index is 2.35. The van der Waals surface area contributed by atoms with E-state index in [1.165, 1.54) is 0 Å². The third kappa shape index (κ3) is 3.02. The number of anilines is 1. The maximum Gasteiger partial charge on any atom is 0.131 e. The van der Waals surface area contributed by atoms with Gasteiger partial charge in [-0.3, -0.25) is 0 Å². The number of imidazole rings is 1. The van der Waals surface area contributed by atoms with Crippen molar-refractivity contribution in [2.75, 3.05) is 12.8 Å². The van der Waals surface area contributed by atoms with Gasteiger partial charge in [-0.15, -0.1) is 0 Å². The summed E-state index contributed by atoms with van der Waals surface area (Å²) in [6.45, 7) is 5.72. The van der Waals surface area contributed by atoms with Crippen molar-refractivity contribution in [1.29, 1.82) is 0 Å². The molecule has 0 fully saturated rings. The van der Waals surface area contributed by atoms with Crippen LogP contribution in [0.2, 0.25) is 0 Å². The van der Waals surface area contributed by atoms with Crippen LogP contribution in [0.3, 0.4) is 0 Å². The molecular formula is C16H23N3O. The number of aromatic nitrogens is 2. The zero-order valence-corrected chi connectivity index (χ0v) is 12.5. The average Bonchev–Trinajstić information content (AvgIpc) is 2.73. The standard InChI is InChI=1S/C16H23N3O/c1-4-5-9-19-12(2)18-15(16(19)17)14-8-6-7-13(10-14)11-20-3/h6-8,10H,4-5,9,11,17H2,1-3H3. The van der Waals surface area contributed by atoms with E-state index in [2.05, 4.69) is 22.5 Å². The normalized spacial score (nSPS) is 10.9. The van der Waals surface area contributed by atoms with Crippen LogP contribution in [0.15, 0.2) is 24.3 Å². The number of nitrogens with two attached hydrogens (primary N) is 1. The second kappa shape index (κ2) is 6.57. The third-order valence-corrected chi connectivity index (χ3v) is 3.44. The number of aryl methyl sites for hydroxylation is 1. The second-order valence-corrected chi connectivity index (χ2v) is 5.03. The Bertz CT molecular complexity index is 575. The Hall–Kier alpha value is -1.81. The summed E-state index contributed by atoms with van der Waals surface area (Å²) in [6.07, 6.45) is 2.26. The van der Waals surface area contributed by atoms with Gasteiger partial charge in [-0.25, -0.2) is 4.98 Å². The summed E-state index contributed by atoms with van der Waals surface area (Å²) in [6, 6.07) is 8.20. The van der Waals surface area contributed by atoms with Gasteiger partial charge in [-0.2, -0.15) is 0 Å². The lowest BCUT2D eigenvalue weighted by Crippen LogP contribution is -2.05. The fourth-order valence-electron chi connectivity index (χ4n) is 2.37. The molecule has 0 bridgehead atoms. The number of hydrogen-bond donors (Lipinski definition) is 1. The summed E-state index contributed by atoms with van der Waals surface area (Å²) in [5.74, 6) is 1.73. The van der Waals surface area contributed by atoms with Gasteiger partial charge in [0.25, 0.3) is 0 Å². The molecule has 108 valence electrons. The number of hydrogen-bond acceptors (Lipinski definition) is 3. The molecule has 2 N–H and O–H groups in total. The number of rotatable bonds is 6. The van der Waals surface area contributed by atoms with E-state index < -0.39 is 0 Å². The molecule has 2 aromatic rings. The number of unbranched alkanes of at least 4 members (excludes halogenated alkanes) is 1. The predicted molar refractivity (Wildman–Crippen MR) is 82.4 cm³/mol. The van der Waals surface area contributed by atoms with Crippen LogP contribution in [-0.2, 0) is 17.9 Å². The van der Waals surface area contributed by atoms with E-state index in [1.807, 2.05) is 25.1 Å². The van der Waals surface area contributed by atoms with Crippen LogP contribution in [0.1, 0.15) is 31.2 Å². The molecule has 2 rings (SSSR count). The SMILES string of the molecule is CCCCn1c(C)nc(-c2cccc(COC)c2)c1N. The Labute approximate surface area is 120 Å². The van der Waals surface area contributed by atoms with Crippen molar-refractivity contribution >= 4 is 5.82 Å². The van der Waals surface area contributed by atoms with E-state index >= 15 is 0 Å². The summed E-state index contributed by atoms with van der Waals surface area (Å²) in [5, 5.41) is 0. The Morgan fingerprint density at radius 1 is 1.35 bits per heavy atom. The molecule has 4 nitrogen and oxygen atoms in total. The molecule has 0 radical (unpaired) electrons. The van der Waals surface area contributed by atoms with Gasteiger partial charge >= 0.3 is 0 Å². The maximum absolute atomic E-state index is 6.27. The average molecular weight is 273 g/mol. The maximum atomic E-state index is 6.27. The highest BCUT2D eigenvalue weighted by molar-refractivity contribution is 5.71. The largest absolute Gasteiger partial charge is 0.383 e. The van der Waals surface area contributed by atoms with E-state index in [9.17, 15) is 0 Å².